The Morgan fingerprint density at radius 1 is 1.45 bits per heavy atom. The molecule has 20 heavy (non-hydrogen) atoms. The fourth-order valence-electron chi connectivity index (χ4n) is 1.72. The first-order valence-electron chi connectivity index (χ1n) is 6.46. The fraction of sp³-hybridized carbons (Fsp3) is 0.500. The molecule has 0 heterocycles. The van der Waals surface area contributed by atoms with E-state index in [0.717, 1.165) is 0 Å². The van der Waals surface area contributed by atoms with Crippen LogP contribution in [0.5, 0.6) is 0 Å². The first-order valence-corrected chi connectivity index (χ1v) is 7.44. The monoisotopic (exact) mass is 300 g/mol. The summed E-state index contributed by atoms with van der Waals surface area (Å²) in [5.41, 5.74) is 5.33. The summed E-state index contributed by atoms with van der Waals surface area (Å²) in [5, 5.41) is 0. The summed E-state index contributed by atoms with van der Waals surface area (Å²) in [4.78, 5) is 13.8. The van der Waals surface area contributed by atoms with Crippen molar-refractivity contribution < 1.29 is 13.9 Å². The maximum atomic E-state index is 13.5. The number of nitrogens with two attached hydrogens (primary N) is 1. The largest absolute Gasteiger partial charge is 0.383 e. The number of ether oxygens (including phenoxy) is 1. The van der Waals surface area contributed by atoms with Crippen LogP contribution in [0.25, 0.3) is 0 Å². The van der Waals surface area contributed by atoms with Crippen molar-refractivity contribution in [1.82, 2.24) is 4.90 Å². The Morgan fingerprint density at radius 3 is 2.75 bits per heavy atom. The van der Waals surface area contributed by atoms with E-state index in [1.54, 1.807) is 32.2 Å². The highest BCUT2D eigenvalue weighted by Gasteiger charge is 2.18. The molecule has 0 aliphatic rings. The second kappa shape index (κ2) is 8.94. The second-order valence-electron chi connectivity index (χ2n) is 4.39. The molecule has 0 aliphatic heterocycles. The molecule has 4 nitrogen and oxygen atoms in total. The lowest BCUT2D eigenvalue weighted by Crippen LogP contribution is -2.45. The number of benzene rings is 1. The van der Waals surface area contributed by atoms with Gasteiger partial charge in [0.25, 0.3) is 0 Å². The molecule has 0 spiro atoms. The Labute approximate surface area is 123 Å². The Balaban J connectivity index is 2.49. The number of nitrogens with zero attached hydrogens (tertiary/aromatic N) is 1. The molecule has 1 rings (SSSR count). The van der Waals surface area contributed by atoms with Gasteiger partial charge in [-0.2, -0.15) is 0 Å². The Hall–Kier alpha value is -1.11. The van der Waals surface area contributed by atoms with Crippen LogP contribution in [0.2, 0.25) is 0 Å². The van der Waals surface area contributed by atoms with E-state index in [0.29, 0.717) is 30.3 Å². The van der Waals surface area contributed by atoms with E-state index in [-0.39, 0.29) is 17.8 Å². The van der Waals surface area contributed by atoms with Gasteiger partial charge in [-0.05, 0) is 19.1 Å². The Morgan fingerprint density at radius 2 is 2.15 bits per heavy atom. The van der Waals surface area contributed by atoms with Gasteiger partial charge in [-0.25, -0.2) is 4.39 Å². The third kappa shape index (κ3) is 5.48. The number of hydrogen-bond donors (Lipinski definition) is 1. The van der Waals surface area contributed by atoms with Crippen LogP contribution in [0, 0.1) is 5.82 Å². The summed E-state index contributed by atoms with van der Waals surface area (Å²) in [6.07, 6.45) is 0. The smallest absolute Gasteiger partial charge is 0.234 e. The average molecular weight is 300 g/mol. The number of halogens is 1. The standard InChI is InChI=1S/C14H21FN2O2S/c1-11(14(16)18)17(7-9-19-2)8-10-20-13-6-4-3-5-12(13)15/h3-6,11H,7-10H2,1-2H3,(H2,16,18). The van der Waals surface area contributed by atoms with Crippen molar-refractivity contribution in [1.29, 1.82) is 0 Å². The van der Waals surface area contributed by atoms with Crippen LogP contribution >= 0.6 is 11.8 Å². The number of amides is 1. The quantitative estimate of drug-likeness (QED) is 0.706. The maximum Gasteiger partial charge on any atom is 0.234 e. The molecule has 0 aromatic heterocycles. The first kappa shape index (κ1) is 16.9. The van der Waals surface area contributed by atoms with Crippen LogP contribution in [0.1, 0.15) is 6.92 Å². The fourth-order valence-corrected chi connectivity index (χ4v) is 2.65. The zero-order chi connectivity index (χ0) is 15.0. The Kier molecular flexibility index (Phi) is 7.58. The van der Waals surface area contributed by atoms with Crippen molar-refractivity contribution in [2.45, 2.75) is 17.9 Å². The van der Waals surface area contributed by atoms with E-state index in [2.05, 4.69) is 0 Å². The highest BCUT2D eigenvalue weighted by atomic mass is 32.2. The molecule has 1 amide bonds. The lowest BCUT2D eigenvalue weighted by Gasteiger charge is -2.26. The average Bonchev–Trinajstić information content (AvgIpc) is 2.43. The molecule has 0 bridgehead atoms. The van der Waals surface area contributed by atoms with E-state index in [4.69, 9.17) is 10.5 Å². The van der Waals surface area contributed by atoms with Crippen molar-refractivity contribution >= 4 is 17.7 Å². The van der Waals surface area contributed by atoms with Gasteiger partial charge < -0.3 is 10.5 Å². The number of rotatable bonds is 9. The first-order chi connectivity index (χ1) is 9.56. The normalized spacial score (nSPS) is 12.6. The lowest BCUT2D eigenvalue weighted by molar-refractivity contribution is -0.122. The van der Waals surface area contributed by atoms with E-state index in [9.17, 15) is 9.18 Å². The van der Waals surface area contributed by atoms with Gasteiger partial charge in [0.1, 0.15) is 5.82 Å². The van der Waals surface area contributed by atoms with Gasteiger partial charge in [0.2, 0.25) is 5.91 Å². The van der Waals surface area contributed by atoms with Crippen LogP contribution in [0.3, 0.4) is 0 Å². The molecule has 0 saturated carbocycles. The zero-order valence-corrected chi connectivity index (χ0v) is 12.7. The van der Waals surface area contributed by atoms with Gasteiger partial charge in [0.15, 0.2) is 0 Å². The van der Waals surface area contributed by atoms with Crippen LogP contribution in [-0.2, 0) is 9.53 Å². The summed E-state index contributed by atoms with van der Waals surface area (Å²) < 4.78 is 18.5. The summed E-state index contributed by atoms with van der Waals surface area (Å²) in [6, 6.07) is 6.31. The Bertz CT molecular complexity index is 431. The molecule has 1 atom stereocenters. The molecule has 0 fully saturated rings. The maximum absolute atomic E-state index is 13.5. The predicted octanol–water partition coefficient (Wildman–Crippen LogP) is 1.74. The van der Waals surface area contributed by atoms with Crippen LogP contribution in [0.4, 0.5) is 4.39 Å². The molecule has 0 aliphatic carbocycles. The van der Waals surface area contributed by atoms with E-state index in [1.165, 1.54) is 17.8 Å². The molecule has 1 aromatic rings. The summed E-state index contributed by atoms with van der Waals surface area (Å²) in [6.45, 7) is 3.57. The van der Waals surface area contributed by atoms with Gasteiger partial charge >= 0.3 is 0 Å². The number of methoxy groups -OCH3 is 1. The topological polar surface area (TPSA) is 55.6 Å². The minimum Gasteiger partial charge on any atom is -0.383 e. The van der Waals surface area contributed by atoms with Gasteiger partial charge in [-0.15, -0.1) is 11.8 Å². The predicted molar refractivity (Wildman–Crippen MR) is 79.2 cm³/mol. The minimum atomic E-state index is -0.364. The van der Waals surface area contributed by atoms with Crippen molar-refractivity contribution in [2.24, 2.45) is 5.73 Å². The van der Waals surface area contributed by atoms with Crippen molar-refractivity contribution in [2.75, 3.05) is 32.6 Å². The van der Waals surface area contributed by atoms with Gasteiger partial charge in [0.05, 0.1) is 12.6 Å². The van der Waals surface area contributed by atoms with Crippen LogP contribution in [0.15, 0.2) is 29.2 Å². The van der Waals surface area contributed by atoms with Crippen molar-refractivity contribution in [3.05, 3.63) is 30.1 Å². The van der Waals surface area contributed by atoms with Crippen LogP contribution < -0.4 is 5.73 Å². The number of carbonyl (C=O) groups is 1. The SMILES string of the molecule is COCCN(CCSc1ccccc1F)C(C)C(N)=O. The molecule has 6 heteroatoms. The number of thioether (sulfide) groups is 1. The van der Waals surface area contributed by atoms with Gasteiger partial charge in [0, 0.05) is 30.8 Å². The minimum absolute atomic E-state index is 0.219. The molecular weight excluding hydrogens is 279 g/mol. The molecule has 0 radical (unpaired) electrons. The van der Waals surface area contributed by atoms with Crippen molar-refractivity contribution in [3.8, 4) is 0 Å². The number of hydrogen-bond acceptors (Lipinski definition) is 4. The molecule has 0 saturated heterocycles. The summed E-state index contributed by atoms with van der Waals surface area (Å²) in [5.74, 6) is 0.100. The highest BCUT2D eigenvalue weighted by Crippen LogP contribution is 2.21. The molecule has 1 unspecified atom stereocenters. The summed E-state index contributed by atoms with van der Waals surface area (Å²) >= 11 is 1.43. The molecular formula is C14H21FN2O2S. The van der Waals surface area contributed by atoms with E-state index < -0.39 is 0 Å². The lowest BCUT2D eigenvalue weighted by atomic mass is 10.2. The molecule has 112 valence electrons. The van der Waals surface area contributed by atoms with Gasteiger partial charge in [-0.1, -0.05) is 12.1 Å². The summed E-state index contributed by atoms with van der Waals surface area (Å²) in [7, 11) is 1.61. The number of carbonyl (C=O) groups excluding carboxylic acids is 1. The van der Waals surface area contributed by atoms with Crippen LogP contribution in [-0.4, -0.2) is 49.4 Å². The second-order valence-corrected chi connectivity index (χ2v) is 5.52. The molecule has 2 N–H and O–H groups in total. The third-order valence-corrected chi connectivity index (χ3v) is 4.04. The molecule has 1 aromatic carbocycles. The van der Waals surface area contributed by atoms with E-state index >= 15 is 0 Å². The number of primary amides is 1. The van der Waals surface area contributed by atoms with E-state index in [1.807, 2.05) is 4.90 Å². The highest BCUT2D eigenvalue weighted by molar-refractivity contribution is 7.99. The van der Waals surface area contributed by atoms with Crippen molar-refractivity contribution in [3.63, 3.8) is 0 Å². The van der Waals surface area contributed by atoms with Gasteiger partial charge in [-0.3, -0.25) is 9.69 Å². The zero-order valence-electron chi connectivity index (χ0n) is 11.8. The third-order valence-electron chi connectivity index (χ3n) is 3.01.